The fraction of sp³-hybridized carbons (Fsp3) is 0.533. The van der Waals surface area contributed by atoms with Gasteiger partial charge in [-0.15, -0.1) is 0 Å². The number of amides is 1. The third-order valence-electron chi connectivity index (χ3n) is 3.79. The number of hydrogen-bond acceptors (Lipinski definition) is 4. The smallest absolute Gasteiger partial charge is 0.222 e. The first kappa shape index (κ1) is 14.7. The van der Waals surface area contributed by atoms with E-state index >= 15 is 0 Å². The lowest BCUT2D eigenvalue weighted by molar-refractivity contribution is -0.132. The molecule has 0 bridgehead atoms. The minimum absolute atomic E-state index is 0.132. The Bertz CT molecular complexity index is 468. The second kappa shape index (κ2) is 6.61. The average molecular weight is 278 g/mol. The Morgan fingerprint density at radius 1 is 1.45 bits per heavy atom. The van der Waals surface area contributed by atoms with Crippen molar-refractivity contribution in [3.8, 4) is 11.5 Å². The molecule has 1 fully saturated rings. The molecule has 0 spiro atoms. The number of ether oxygens (including phenoxy) is 1. The van der Waals surface area contributed by atoms with Gasteiger partial charge in [0.25, 0.3) is 0 Å². The van der Waals surface area contributed by atoms with Gasteiger partial charge in [-0.2, -0.15) is 0 Å². The van der Waals surface area contributed by atoms with Crippen LogP contribution in [0.1, 0.15) is 24.8 Å². The summed E-state index contributed by atoms with van der Waals surface area (Å²) in [5.74, 6) is 0.924. The maximum atomic E-state index is 12.1. The molecular weight excluding hydrogens is 256 g/mol. The zero-order chi connectivity index (χ0) is 14.5. The van der Waals surface area contributed by atoms with Crippen LogP contribution in [0.4, 0.5) is 0 Å². The molecule has 20 heavy (non-hydrogen) atoms. The summed E-state index contributed by atoms with van der Waals surface area (Å²) in [6.45, 7) is 1.49. The molecule has 1 aliphatic heterocycles. The number of likely N-dealkylation sites (tertiary alicyclic amines) is 1. The number of phenolic OH excluding ortho intramolecular Hbond substituents is 1. The van der Waals surface area contributed by atoms with Crippen molar-refractivity contribution >= 4 is 5.91 Å². The molecule has 1 amide bonds. The van der Waals surface area contributed by atoms with Crippen molar-refractivity contribution in [3.05, 3.63) is 23.8 Å². The third-order valence-corrected chi connectivity index (χ3v) is 3.79. The zero-order valence-corrected chi connectivity index (χ0v) is 11.8. The van der Waals surface area contributed by atoms with E-state index in [1.165, 1.54) is 0 Å². The van der Waals surface area contributed by atoms with Crippen LogP contribution in [0.3, 0.4) is 0 Å². The molecule has 1 aromatic carbocycles. The van der Waals surface area contributed by atoms with Crippen LogP contribution in [0.25, 0.3) is 0 Å². The molecule has 1 aromatic rings. The highest BCUT2D eigenvalue weighted by molar-refractivity contribution is 5.76. The van der Waals surface area contributed by atoms with Crippen molar-refractivity contribution < 1.29 is 14.6 Å². The fourth-order valence-corrected chi connectivity index (χ4v) is 2.43. The molecule has 0 aromatic heterocycles. The minimum atomic E-state index is 0.132. The normalized spacial score (nSPS) is 16.2. The summed E-state index contributed by atoms with van der Waals surface area (Å²) >= 11 is 0. The number of benzene rings is 1. The molecule has 2 rings (SSSR count). The minimum Gasteiger partial charge on any atom is -0.508 e. The fourth-order valence-electron chi connectivity index (χ4n) is 2.43. The first-order chi connectivity index (χ1) is 9.60. The molecule has 1 heterocycles. The van der Waals surface area contributed by atoms with Gasteiger partial charge in [-0.05, 0) is 30.9 Å². The van der Waals surface area contributed by atoms with E-state index < -0.39 is 0 Å². The van der Waals surface area contributed by atoms with Crippen LogP contribution in [0.15, 0.2) is 18.2 Å². The summed E-state index contributed by atoms with van der Waals surface area (Å²) < 4.78 is 5.03. The Hall–Kier alpha value is -1.75. The Labute approximate surface area is 119 Å². The van der Waals surface area contributed by atoms with E-state index in [1.807, 2.05) is 4.90 Å². The van der Waals surface area contributed by atoms with Gasteiger partial charge in [0.05, 0.1) is 7.11 Å². The Morgan fingerprint density at radius 3 is 2.75 bits per heavy atom. The molecule has 1 saturated heterocycles. The van der Waals surface area contributed by atoms with Crippen LogP contribution >= 0.6 is 0 Å². The van der Waals surface area contributed by atoms with Gasteiger partial charge < -0.3 is 20.5 Å². The number of methoxy groups -OCH3 is 1. The number of piperidine rings is 1. The summed E-state index contributed by atoms with van der Waals surface area (Å²) in [7, 11) is 1.55. The van der Waals surface area contributed by atoms with Crippen LogP contribution < -0.4 is 10.5 Å². The maximum absolute atomic E-state index is 12.1. The Morgan fingerprint density at radius 2 is 2.15 bits per heavy atom. The molecule has 3 N–H and O–H groups in total. The Balaban J connectivity index is 1.87. The largest absolute Gasteiger partial charge is 0.508 e. The number of nitrogens with zero attached hydrogens (tertiary/aromatic N) is 1. The van der Waals surface area contributed by atoms with Gasteiger partial charge in [-0.3, -0.25) is 4.79 Å². The molecule has 0 saturated carbocycles. The standard InChI is InChI=1S/C15H22N2O3/c1-20-13-4-2-11(14(18)10-13)3-5-15(19)17-8-6-12(16)7-9-17/h2,4,10,12,18H,3,5-9,16H2,1H3. The molecule has 1 aliphatic rings. The zero-order valence-electron chi connectivity index (χ0n) is 11.8. The van der Waals surface area contributed by atoms with Crippen molar-refractivity contribution in [3.63, 3.8) is 0 Å². The first-order valence-electron chi connectivity index (χ1n) is 6.99. The molecule has 0 aliphatic carbocycles. The number of aryl methyl sites for hydroxylation is 1. The average Bonchev–Trinajstić information content (AvgIpc) is 2.46. The third kappa shape index (κ3) is 3.63. The van der Waals surface area contributed by atoms with Crippen LogP contribution in [0, 0.1) is 0 Å². The van der Waals surface area contributed by atoms with E-state index in [1.54, 1.807) is 25.3 Å². The van der Waals surface area contributed by atoms with Crippen LogP contribution in [0.5, 0.6) is 11.5 Å². The highest BCUT2D eigenvalue weighted by Crippen LogP contribution is 2.24. The van der Waals surface area contributed by atoms with Crippen LogP contribution in [-0.2, 0) is 11.2 Å². The van der Waals surface area contributed by atoms with Crippen molar-refractivity contribution in [1.82, 2.24) is 4.90 Å². The number of carbonyl (C=O) groups excluding carboxylic acids is 1. The molecule has 5 nitrogen and oxygen atoms in total. The summed E-state index contributed by atoms with van der Waals surface area (Å²) in [6.07, 6.45) is 2.70. The van der Waals surface area contributed by atoms with Gasteiger partial charge >= 0.3 is 0 Å². The number of phenols is 1. The molecule has 0 unspecified atom stereocenters. The van der Waals surface area contributed by atoms with Crippen LogP contribution in [-0.4, -0.2) is 42.2 Å². The second-order valence-corrected chi connectivity index (χ2v) is 5.21. The monoisotopic (exact) mass is 278 g/mol. The molecule has 0 atom stereocenters. The predicted octanol–water partition coefficient (Wildman–Crippen LogP) is 1.28. The number of hydrogen-bond donors (Lipinski definition) is 2. The quantitative estimate of drug-likeness (QED) is 0.870. The van der Waals surface area contributed by atoms with Gasteiger partial charge in [-0.25, -0.2) is 0 Å². The lowest BCUT2D eigenvalue weighted by Crippen LogP contribution is -2.42. The number of rotatable bonds is 4. The summed E-state index contributed by atoms with van der Waals surface area (Å²) in [4.78, 5) is 14.0. The van der Waals surface area contributed by atoms with Crippen molar-refractivity contribution in [2.24, 2.45) is 5.73 Å². The van der Waals surface area contributed by atoms with Gasteiger partial charge in [-0.1, -0.05) is 6.07 Å². The predicted molar refractivity (Wildman–Crippen MR) is 76.8 cm³/mol. The van der Waals surface area contributed by atoms with Crippen molar-refractivity contribution in [1.29, 1.82) is 0 Å². The summed E-state index contributed by atoms with van der Waals surface area (Å²) in [5, 5.41) is 9.86. The van der Waals surface area contributed by atoms with Crippen LogP contribution in [0.2, 0.25) is 0 Å². The molecular formula is C15H22N2O3. The summed E-state index contributed by atoms with van der Waals surface area (Å²) in [5.41, 5.74) is 6.60. The summed E-state index contributed by atoms with van der Waals surface area (Å²) in [6, 6.07) is 5.39. The number of nitrogens with two attached hydrogens (primary N) is 1. The van der Waals surface area contributed by atoms with Crippen molar-refractivity contribution in [2.45, 2.75) is 31.7 Å². The van der Waals surface area contributed by atoms with Gasteiger partial charge in [0.15, 0.2) is 0 Å². The number of aromatic hydroxyl groups is 1. The van der Waals surface area contributed by atoms with Gasteiger partial charge in [0, 0.05) is 31.6 Å². The van der Waals surface area contributed by atoms with E-state index in [-0.39, 0.29) is 17.7 Å². The highest BCUT2D eigenvalue weighted by atomic mass is 16.5. The maximum Gasteiger partial charge on any atom is 0.222 e. The lowest BCUT2D eigenvalue weighted by atomic mass is 10.0. The van der Waals surface area contributed by atoms with Crippen molar-refractivity contribution in [2.75, 3.05) is 20.2 Å². The molecule has 5 heteroatoms. The van der Waals surface area contributed by atoms with Gasteiger partial charge in [0.1, 0.15) is 11.5 Å². The number of carbonyl (C=O) groups is 1. The molecule has 110 valence electrons. The van der Waals surface area contributed by atoms with E-state index in [4.69, 9.17) is 10.5 Å². The van der Waals surface area contributed by atoms with E-state index in [9.17, 15) is 9.90 Å². The van der Waals surface area contributed by atoms with E-state index in [0.29, 0.717) is 18.6 Å². The topological polar surface area (TPSA) is 75.8 Å². The highest BCUT2D eigenvalue weighted by Gasteiger charge is 2.20. The lowest BCUT2D eigenvalue weighted by Gasteiger charge is -2.30. The first-order valence-corrected chi connectivity index (χ1v) is 6.99. The van der Waals surface area contributed by atoms with Gasteiger partial charge in [0.2, 0.25) is 5.91 Å². The molecule has 0 radical (unpaired) electrons. The second-order valence-electron chi connectivity index (χ2n) is 5.21. The van der Waals surface area contributed by atoms with E-state index in [0.717, 1.165) is 31.5 Å². The van der Waals surface area contributed by atoms with E-state index in [2.05, 4.69) is 0 Å². The SMILES string of the molecule is COc1ccc(CCC(=O)N2CCC(N)CC2)c(O)c1. The Kier molecular flexibility index (Phi) is 4.84.